The summed E-state index contributed by atoms with van der Waals surface area (Å²) in [5, 5.41) is 0. The summed E-state index contributed by atoms with van der Waals surface area (Å²) in [6, 6.07) is 4.25. The van der Waals surface area contributed by atoms with Crippen molar-refractivity contribution in [2.45, 2.75) is 27.7 Å². The second-order valence-electron chi connectivity index (χ2n) is 4.20. The standard InChI is InChI=1S/C11H14.C5H8O2/c1-5-11-7-6-8(2)9(3)10(11)4;1-4(2)5(6)7-3/h5-7H,1H2,2-4H3;1H2,2-3H3. The van der Waals surface area contributed by atoms with Crippen LogP contribution in [0.25, 0.3) is 6.08 Å². The number of methoxy groups -OCH3 is 1. The quantitative estimate of drug-likeness (QED) is 0.582. The lowest BCUT2D eigenvalue weighted by molar-refractivity contribution is -0.136. The third kappa shape index (κ3) is 4.58. The van der Waals surface area contributed by atoms with E-state index in [0.717, 1.165) is 0 Å². The van der Waals surface area contributed by atoms with E-state index in [4.69, 9.17) is 0 Å². The van der Waals surface area contributed by atoms with Crippen molar-refractivity contribution in [2.24, 2.45) is 0 Å². The summed E-state index contributed by atoms with van der Waals surface area (Å²) in [5.41, 5.74) is 5.76. The largest absolute Gasteiger partial charge is 0.466 e. The van der Waals surface area contributed by atoms with E-state index >= 15 is 0 Å². The summed E-state index contributed by atoms with van der Waals surface area (Å²) in [7, 11) is 1.33. The molecular weight excluding hydrogens is 224 g/mol. The van der Waals surface area contributed by atoms with Gasteiger partial charge in [-0.15, -0.1) is 0 Å². The van der Waals surface area contributed by atoms with Crippen LogP contribution in [0.15, 0.2) is 30.9 Å². The van der Waals surface area contributed by atoms with Crippen molar-refractivity contribution in [3.63, 3.8) is 0 Å². The van der Waals surface area contributed by atoms with E-state index in [-0.39, 0.29) is 5.97 Å². The van der Waals surface area contributed by atoms with Crippen LogP contribution < -0.4 is 0 Å². The van der Waals surface area contributed by atoms with Gasteiger partial charge in [-0.3, -0.25) is 0 Å². The van der Waals surface area contributed by atoms with Gasteiger partial charge in [-0.05, 0) is 49.9 Å². The highest BCUT2D eigenvalue weighted by Crippen LogP contribution is 2.17. The molecule has 0 aliphatic carbocycles. The molecule has 18 heavy (non-hydrogen) atoms. The Balaban J connectivity index is 0.000000360. The van der Waals surface area contributed by atoms with Crippen LogP contribution in [0.1, 0.15) is 29.2 Å². The molecule has 0 spiro atoms. The lowest BCUT2D eigenvalue weighted by Crippen LogP contribution is -1.98. The highest BCUT2D eigenvalue weighted by atomic mass is 16.5. The highest BCUT2D eigenvalue weighted by Gasteiger charge is 1.99. The van der Waals surface area contributed by atoms with Crippen LogP contribution in [0.3, 0.4) is 0 Å². The van der Waals surface area contributed by atoms with E-state index in [0.29, 0.717) is 5.57 Å². The molecule has 1 rings (SSSR count). The lowest BCUT2D eigenvalue weighted by Gasteiger charge is -2.06. The first-order valence-corrected chi connectivity index (χ1v) is 5.78. The molecule has 0 N–H and O–H groups in total. The van der Waals surface area contributed by atoms with E-state index in [1.54, 1.807) is 6.92 Å². The number of ether oxygens (including phenoxy) is 1. The molecule has 0 bridgehead atoms. The second kappa shape index (κ2) is 7.49. The first kappa shape index (κ1) is 16.2. The van der Waals surface area contributed by atoms with Crippen molar-refractivity contribution in [1.29, 1.82) is 0 Å². The van der Waals surface area contributed by atoms with E-state index in [9.17, 15) is 4.79 Å². The smallest absolute Gasteiger partial charge is 0.332 e. The Morgan fingerprint density at radius 1 is 1.22 bits per heavy atom. The lowest BCUT2D eigenvalue weighted by atomic mass is 9.99. The van der Waals surface area contributed by atoms with Gasteiger partial charge in [0.15, 0.2) is 0 Å². The number of hydrogen-bond acceptors (Lipinski definition) is 2. The van der Waals surface area contributed by atoms with Gasteiger partial charge in [-0.25, -0.2) is 4.79 Å². The van der Waals surface area contributed by atoms with Crippen molar-refractivity contribution in [3.05, 3.63) is 53.1 Å². The second-order valence-corrected chi connectivity index (χ2v) is 4.20. The summed E-state index contributed by atoms with van der Waals surface area (Å²) in [6.45, 7) is 15.1. The molecule has 0 fully saturated rings. The summed E-state index contributed by atoms with van der Waals surface area (Å²) in [4.78, 5) is 10.2. The number of rotatable bonds is 2. The van der Waals surface area contributed by atoms with Gasteiger partial charge in [0.05, 0.1) is 7.11 Å². The average molecular weight is 246 g/mol. The molecular formula is C16H22O2. The maximum atomic E-state index is 10.2. The van der Waals surface area contributed by atoms with Crippen LogP contribution in [-0.4, -0.2) is 13.1 Å². The van der Waals surface area contributed by atoms with Crippen LogP contribution in [0.2, 0.25) is 0 Å². The Hall–Kier alpha value is -1.83. The predicted octanol–water partition coefficient (Wildman–Crippen LogP) is 3.99. The van der Waals surface area contributed by atoms with Crippen molar-refractivity contribution in [1.82, 2.24) is 0 Å². The van der Waals surface area contributed by atoms with Gasteiger partial charge in [-0.2, -0.15) is 0 Å². The highest BCUT2D eigenvalue weighted by molar-refractivity contribution is 5.86. The van der Waals surface area contributed by atoms with Crippen LogP contribution >= 0.6 is 0 Å². The third-order valence-corrected chi connectivity index (χ3v) is 2.85. The van der Waals surface area contributed by atoms with Gasteiger partial charge in [0.2, 0.25) is 0 Å². The Bertz CT molecular complexity index is 456. The van der Waals surface area contributed by atoms with E-state index < -0.39 is 0 Å². The van der Waals surface area contributed by atoms with E-state index in [1.165, 1.54) is 29.4 Å². The van der Waals surface area contributed by atoms with Crippen LogP contribution in [-0.2, 0) is 9.53 Å². The minimum atomic E-state index is -0.347. The zero-order valence-electron chi connectivity index (χ0n) is 12.0. The Labute approximate surface area is 110 Å². The molecule has 1 aromatic carbocycles. The van der Waals surface area contributed by atoms with E-state index in [2.05, 4.69) is 50.8 Å². The van der Waals surface area contributed by atoms with Crippen molar-refractivity contribution in [2.75, 3.05) is 7.11 Å². The fourth-order valence-corrected chi connectivity index (χ4v) is 1.37. The molecule has 2 nitrogen and oxygen atoms in total. The molecule has 0 radical (unpaired) electrons. The number of esters is 1. The number of hydrogen-bond donors (Lipinski definition) is 0. The monoisotopic (exact) mass is 246 g/mol. The van der Waals surface area contributed by atoms with Gasteiger partial charge >= 0.3 is 5.97 Å². The minimum absolute atomic E-state index is 0.347. The van der Waals surface area contributed by atoms with Gasteiger partial charge in [0.25, 0.3) is 0 Å². The number of benzene rings is 1. The first-order valence-electron chi connectivity index (χ1n) is 5.78. The fraction of sp³-hybridized carbons (Fsp3) is 0.312. The predicted molar refractivity (Wildman–Crippen MR) is 77.6 cm³/mol. The molecule has 0 aliphatic heterocycles. The number of carbonyl (C=O) groups is 1. The summed E-state index contributed by atoms with van der Waals surface area (Å²) in [6.07, 6.45) is 1.90. The molecule has 0 amide bonds. The molecule has 0 saturated heterocycles. The first-order chi connectivity index (χ1) is 8.34. The molecule has 0 saturated carbocycles. The van der Waals surface area contributed by atoms with Gasteiger partial charge in [0, 0.05) is 5.57 Å². The maximum absolute atomic E-state index is 10.2. The molecule has 0 aliphatic rings. The van der Waals surface area contributed by atoms with Crippen molar-refractivity contribution in [3.8, 4) is 0 Å². The molecule has 2 heteroatoms. The normalized spacial score (nSPS) is 8.94. The van der Waals surface area contributed by atoms with E-state index in [1.807, 2.05) is 6.08 Å². The Morgan fingerprint density at radius 3 is 2.11 bits per heavy atom. The summed E-state index contributed by atoms with van der Waals surface area (Å²) >= 11 is 0. The minimum Gasteiger partial charge on any atom is -0.466 e. The molecule has 98 valence electrons. The Morgan fingerprint density at radius 2 is 1.78 bits per heavy atom. The van der Waals surface area contributed by atoms with Gasteiger partial charge < -0.3 is 4.74 Å². The molecule has 1 aromatic rings. The zero-order chi connectivity index (χ0) is 14.3. The average Bonchev–Trinajstić information content (AvgIpc) is 2.36. The third-order valence-electron chi connectivity index (χ3n) is 2.85. The summed E-state index contributed by atoms with van der Waals surface area (Å²) < 4.78 is 4.27. The molecule has 0 unspecified atom stereocenters. The summed E-state index contributed by atoms with van der Waals surface area (Å²) in [5.74, 6) is -0.347. The van der Waals surface area contributed by atoms with Gasteiger partial charge in [-0.1, -0.05) is 31.4 Å². The van der Waals surface area contributed by atoms with Crippen molar-refractivity contribution < 1.29 is 9.53 Å². The maximum Gasteiger partial charge on any atom is 0.332 e. The van der Waals surface area contributed by atoms with Crippen LogP contribution in [0.5, 0.6) is 0 Å². The SMILES string of the molecule is C=C(C)C(=O)OC.C=Cc1ccc(C)c(C)c1C. The van der Waals surface area contributed by atoms with Crippen molar-refractivity contribution >= 4 is 12.0 Å². The topological polar surface area (TPSA) is 26.3 Å². The molecule has 0 atom stereocenters. The number of carbonyl (C=O) groups excluding carboxylic acids is 1. The van der Waals surface area contributed by atoms with Crippen LogP contribution in [0.4, 0.5) is 0 Å². The Kier molecular flexibility index (Phi) is 6.73. The fourth-order valence-electron chi connectivity index (χ4n) is 1.37. The zero-order valence-corrected chi connectivity index (χ0v) is 12.0. The van der Waals surface area contributed by atoms with Gasteiger partial charge in [0.1, 0.15) is 0 Å². The molecule has 0 heterocycles. The van der Waals surface area contributed by atoms with Crippen LogP contribution in [0, 0.1) is 20.8 Å². The molecule has 0 aromatic heterocycles. The number of aryl methyl sites for hydroxylation is 1.